The maximum atomic E-state index is 11.9. The van der Waals surface area contributed by atoms with Crippen LogP contribution < -0.4 is 0 Å². The van der Waals surface area contributed by atoms with Crippen LogP contribution in [0.4, 0.5) is 4.79 Å². The molecular weight excluding hydrogens is 218 g/mol. The largest absolute Gasteiger partial charge is 0.443 e. The quantitative estimate of drug-likeness (QED) is 0.647. The van der Waals surface area contributed by atoms with Crippen LogP contribution in [0.5, 0.6) is 0 Å². The molecule has 0 saturated heterocycles. The van der Waals surface area contributed by atoms with Crippen LogP contribution in [-0.2, 0) is 9.47 Å². The second-order valence-corrected chi connectivity index (χ2v) is 5.42. The summed E-state index contributed by atoms with van der Waals surface area (Å²) in [7, 11) is 0. The molecule has 90 valence electrons. The van der Waals surface area contributed by atoms with Crippen LogP contribution in [0.25, 0.3) is 0 Å². The van der Waals surface area contributed by atoms with Crippen molar-refractivity contribution in [3.63, 3.8) is 0 Å². The highest BCUT2D eigenvalue weighted by atomic mass is 16.6. The van der Waals surface area contributed by atoms with Gasteiger partial charge in [0.2, 0.25) is 0 Å². The molecular formula is C13H15NO3. The monoisotopic (exact) mass is 233 g/mol. The standard InChI is InChI=1S/C13H15NO3/c1-13(2,3)17-12(15)14-6-8-9(7-14)11-5-4-10(8)16-11/h4-7,10-11H,1-3H3. The van der Waals surface area contributed by atoms with Crippen molar-refractivity contribution in [1.29, 1.82) is 0 Å². The number of nitrogens with zero attached hydrogens (tertiary/aromatic N) is 1. The number of aromatic nitrogens is 1. The van der Waals surface area contributed by atoms with Crippen molar-refractivity contribution < 1.29 is 14.3 Å². The molecule has 0 radical (unpaired) electrons. The van der Waals surface area contributed by atoms with Crippen molar-refractivity contribution in [3.05, 3.63) is 35.7 Å². The van der Waals surface area contributed by atoms with E-state index in [-0.39, 0.29) is 18.3 Å². The summed E-state index contributed by atoms with van der Waals surface area (Å²) in [6.45, 7) is 5.57. The molecule has 3 rings (SSSR count). The van der Waals surface area contributed by atoms with Crippen molar-refractivity contribution in [2.24, 2.45) is 0 Å². The molecule has 4 heteroatoms. The lowest BCUT2D eigenvalue weighted by Gasteiger charge is -2.19. The van der Waals surface area contributed by atoms with Gasteiger partial charge in [0, 0.05) is 23.5 Å². The van der Waals surface area contributed by atoms with E-state index < -0.39 is 5.60 Å². The lowest BCUT2D eigenvalue weighted by Crippen LogP contribution is -2.26. The van der Waals surface area contributed by atoms with Crippen molar-refractivity contribution >= 4 is 6.09 Å². The van der Waals surface area contributed by atoms with Gasteiger partial charge in [-0.3, -0.25) is 4.57 Å². The van der Waals surface area contributed by atoms with Gasteiger partial charge in [-0.25, -0.2) is 4.79 Å². The molecule has 0 amide bonds. The number of hydrogen-bond acceptors (Lipinski definition) is 3. The SMILES string of the molecule is CC(C)(C)OC(=O)n1cc2c(c1)C1C=CC2O1. The van der Waals surface area contributed by atoms with Crippen molar-refractivity contribution in [3.8, 4) is 0 Å². The second kappa shape index (κ2) is 3.23. The van der Waals surface area contributed by atoms with Gasteiger partial charge in [0.05, 0.1) is 0 Å². The molecule has 0 saturated carbocycles. The van der Waals surface area contributed by atoms with Gasteiger partial charge in [-0.15, -0.1) is 0 Å². The molecule has 0 fully saturated rings. The molecule has 0 aromatic carbocycles. The lowest BCUT2D eigenvalue weighted by atomic mass is 10.0. The Labute approximate surface area is 99.8 Å². The summed E-state index contributed by atoms with van der Waals surface area (Å²) in [6, 6.07) is 0. The summed E-state index contributed by atoms with van der Waals surface area (Å²) in [5.74, 6) is 0. The van der Waals surface area contributed by atoms with E-state index >= 15 is 0 Å². The van der Waals surface area contributed by atoms with E-state index in [9.17, 15) is 4.79 Å². The van der Waals surface area contributed by atoms with Crippen molar-refractivity contribution in [1.82, 2.24) is 4.57 Å². The van der Waals surface area contributed by atoms with Crippen LogP contribution in [0.15, 0.2) is 24.5 Å². The maximum Gasteiger partial charge on any atom is 0.418 e. The third-order valence-electron chi connectivity index (χ3n) is 2.86. The zero-order valence-electron chi connectivity index (χ0n) is 10.1. The van der Waals surface area contributed by atoms with E-state index in [1.54, 1.807) is 12.4 Å². The van der Waals surface area contributed by atoms with Crippen molar-refractivity contribution in [2.45, 2.75) is 38.6 Å². The topological polar surface area (TPSA) is 40.5 Å². The number of rotatable bonds is 0. The molecule has 0 N–H and O–H groups in total. The predicted octanol–water partition coefficient (Wildman–Crippen LogP) is 2.95. The van der Waals surface area contributed by atoms with Gasteiger partial charge in [0.15, 0.2) is 0 Å². The Balaban J connectivity index is 1.85. The fourth-order valence-electron chi connectivity index (χ4n) is 2.19. The Morgan fingerprint density at radius 2 is 1.76 bits per heavy atom. The maximum absolute atomic E-state index is 11.9. The average Bonchev–Trinajstić information content (AvgIpc) is 2.87. The van der Waals surface area contributed by atoms with Gasteiger partial charge in [-0.05, 0) is 20.8 Å². The second-order valence-electron chi connectivity index (χ2n) is 5.42. The van der Waals surface area contributed by atoms with Crippen LogP contribution in [-0.4, -0.2) is 16.3 Å². The van der Waals surface area contributed by atoms with E-state index in [1.807, 2.05) is 32.9 Å². The normalized spacial score (nSPS) is 25.1. The van der Waals surface area contributed by atoms with E-state index in [0.717, 1.165) is 11.1 Å². The first kappa shape index (κ1) is 10.6. The third-order valence-corrected chi connectivity index (χ3v) is 2.86. The summed E-state index contributed by atoms with van der Waals surface area (Å²) < 4.78 is 12.5. The molecule has 0 spiro atoms. The molecule has 17 heavy (non-hydrogen) atoms. The van der Waals surface area contributed by atoms with E-state index in [1.165, 1.54) is 4.57 Å². The van der Waals surface area contributed by atoms with Gasteiger partial charge in [0.1, 0.15) is 17.8 Å². The summed E-state index contributed by atoms with van der Waals surface area (Å²) in [6.07, 6.45) is 7.33. The van der Waals surface area contributed by atoms with E-state index in [4.69, 9.17) is 9.47 Å². The Kier molecular flexibility index (Phi) is 2.01. The van der Waals surface area contributed by atoms with Gasteiger partial charge in [-0.2, -0.15) is 0 Å². The smallest absolute Gasteiger partial charge is 0.418 e. The first-order chi connectivity index (χ1) is 7.94. The molecule has 1 aromatic heterocycles. The Morgan fingerprint density at radius 1 is 1.24 bits per heavy atom. The number of carbonyl (C=O) groups excluding carboxylic acids is 1. The molecule has 2 bridgehead atoms. The molecule has 1 aromatic rings. The van der Waals surface area contributed by atoms with Gasteiger partial charge in [-0.1, -0.05) is 12.2 Å². The Bertz CT molecular complexity index is 478. The first-order valence-corrected chi connectivity index (χ1v) is 5.73. The van der Waals surface area contributed by atoms with Crippen LogP contribution in [0.1, 0.15) is 44.1 Å². The minimum atomic E-state index is -0.473. The molecule has 2 aliphatic rings. The minimum Gasteiger partial charge on any atom is -0.443 e. The zero-order chi connectivity index (χ0) is 12.2. The Morgan fingerprint density at radius 3 is 2.24 bits per heavy atom. The van der Waals surface area contributed by atoms with Gasteiger partial charge < -0.3 is 9.47 Å². The number of ether oxygens (including phenoxy) is 2. The predicted molar refractivity (Wildman–Crippen MR) is 61.8 cm³/mol. The van der Waals surface area contributed by atoms with Crippen LogP contribution in [0.2, 0.25) is 0 Å². The van der Waals surface area contributed by atoms with Gasteiger partial charge in [0.25, 0.3) is 0 Å². The third kappa shape index (κ3) is 1.69. The van der Waals surface area contributed by atoms with Crippen molar-refractivity contribution in [2.75, 3.05) is 0 Å². The summed E-state index contributed by atoms with van der Waals surface area (Å²) in [4.78, 5) is 11.9. The minimum absolute atomic E-state index is 0.0127. The lowest BCUT2D eigenvalue weighted by molar-refractivity contribution is 0.0530. The highest BCUT2D eigenvalue weighted by Gasteiger charge is 2.36. The van der Waals surface area contributed by atoms with E-state index in [2.05, 4.69) is 0 Å². The van der Waals surface area contributed by atoms with Gasteiger partial charge >= 0.3 is 6.09 Å². The molecule has 0 aliphatic carbocycles. The summed E-state index contributed by atoms with van der Waals surface area (Å²) in [5, 5.41) is 0. The fourth-order valence-corrected chi connectivity index (χ4v) is 2.19. The Hall–Kier alpha value is -1.55. The van der Waals surface area contributed by atoms with Crippen LogP contribution >= 0.6 is 0 Å². The number of carbonyl (C=O) groups is 1. The molecule has 2 aliphatic heterocycles. The molecule has 2 atom stereocenters. The highest BCUT2D eigenvalue weighted by molar-refractivity contribution is 5.72. The highest BCUT2D eigenvalue weighted by Crippen LogP contribution is 2.46. The summed E-state index contributed by atoms with van der Waals surface area (Å²) in [5.41, 5.74) is 1.67. The molecule has 3 heterocycles. The van der Waals surface area contributed by atoms with Crippen LogP contribution in [0.3, 0.4) is 0 Å². The fraction of sp³-hybridized carbons (Fsp3) is 0.462. The molecule has 2 unspecified atom stereocenters. The van der Waals surface area contributed by atoms with Crippen LogP contribution in [0, 0.1) is 0 Å². The van der Waals surface area contributed by atoms with E-state index in [0.29, 0.717) is 0 Å². The molecule has 4 nitrogen and oxygen atoms in total. The number of hydrogen-bond donors (Lipinski definition) is 0. The summed E-state index contributed by atoms with van der Waals surface area (Å²) >= 11 is 0. The average molecular weight is 233 g/mol. The zero-order valence-corrected chi connectivity index (χ0v) is 10.1. The number of fused-ring (bicyclic) bond motifs is 5. The first-order valence-electron chi connectivity index (χ1n) is 5.73.